The standard InChI is InChI=1S/C13H22N2O3S/c1-3-5-7-18-8-6-15-11(4-2)9-14-13(15)19-10-12(16)17/h9H,3-8,10H2,1-2H3,(H,16,17). The second-order valence-corrected chi connectivity index (χ2v) is 5.13. The molecule has 108 valence electrons. The van der Waals surface area contributed by atoms with Crippen molar-refractivity contribution in [2.24, 2.45) is 0 Å². The number of unbranched alkanes of at least 4 members (excludes halogenated alkanes) is 1. The Balaban J connectivity index is 2.52. The fourth-order valence-electron chi connectivity index (χ4n) is 1.66. The molecule has 1 rings (SSSR count). The summed E-state index contributed by atoms with van der Waals surface area (Å²) in [6.45, 7) is 6.36. The molecule has 5 nitrogen and oxygen atoms in total. The van der Waals surface area contributed by atoms with Gasteiger partial charge in [-0.2, -0.15) is 0 Å². The summed E-state index contributed by atoms with van der Waals surface area (Å²) in [5, 5.41) is 9.48. The van der Waals surface area contributed by atoms with Crippen LogP contribution in [0.1, 0.15) is 32.4 Å². The topological polar surface area (TPSA) is 64.4 Å². The number of rotatable bonds is 10. The average Bonchev–Trinajstić information content (AvgIpc) is 2.78. The first-order valence-electron chi connectivity index (χ1n) is 6.65. The number of nitrogens with zero attached hydrogens (tertiary/aromatic N) is 2. The van der Waals surface area contributed by atoms with E-state index in [2.05, 4.69) is 23.4 Å². The minimum atomic E-state index is -0.822. The van der Waals surface area contributed by atoms with E-state index in [1.807, 2.05) is 6.20 Å². The molecule has 0 fully saturated rings. The molecule has 0 saturated carbocycles. The van der Waals surface area contributed by atoms with E-state index >= 15 is 0 Å². The van der Waals surface area contributed by atoms with Gasteiger partial charge in [0, 0.05) is 25.0 Å². The number of aliphatic carboxylic acids is 1. The van der Waals surface area contributed by atoms with Gasteiger partial charge in [-0.15, -0.1) is 0 Å². The van der Waals surface area contributed by atoms with Crippen LogP contribution in [-0.4, -0.2) is 39.6 Å². The summed E-state index contributed by atoms with van der Waals surface area (Å²) in [4.78, 5) is 14.9. The maximum atomic E-state index is 10.6. The first-order valence-corrected chi connectivity index (χ1v) is 7.64. The first-order chi connectivity index (χ1) is 9.19. The van der Waals surface area contributed by atoms with Crippen LogP contribution in [0.2, 0.25) is 0 Å². The van der Waals surface area contributed by atoms with Crippen molar-refractivity contribution >= 4 is 17.7 Å². The van der Waals surface area contributed by atoms with E-state index < -0.39 is 5.97 Å². The Hall–Kier alpha value is -1.01. The van der Waals surface area contributed by atoms with Gasteiger partial charge in [-0.05, 0) is 12.8 Å². The molecule has 1 aromatic rings. The SMILES string of the molecule is CCCCOCCn1c(CC)cnc1SCC(=O)O. The number of thioether (sulfide) groups is 1. The van der Waals surface area contributed by atoms with Crippen molar-refractivity contribution in [3.05, 3.63) is 11.9 Å². The van der Waals surface area contributed by atoms with Gasteiger partial charge in [-0.3, -0.25) is 4.79 Å². The third-order valence-electron chi connectivity index (χ3n) is 2.69. The zero-order chi connectivity index (χ0) is 14.1. The van der Waals surface area contributed by atoms with E-state index in [1.165, 1.54) is 11.8 Å². The molecule has 0 amide bonds. The molecule has 1 heterocycles. The molecule has 0 saturated heterocycles. The van der Waals surface area contributed by atoms with Crippen molar-refractivity contribution in [2.75, 3.05) is 19.0 Å². The molecule has 1 N–H and O–H groups in total. The smallest absolute Gasteiger partial charge is 0.313 e. The summed E-state index contributed by atoms with van der Waals surface area (Å²) >= 11 is 1.26. The zero-order valence-electron chi connectivity index (χ0n) is 11.6. The van der Waals surface area contributed by atoms with Crippen molar-refractivity contribution in [3.8, 4) is 0 Å². The van der Waals surface area contributed by atoms with Gasteiger partial charge in [0.2, 0.25) is 0 Å². The van der Waals surface area contributed by atoms with Crippen molar-refractivity contribution < 1.29 is 14.6 Å². The Kier molecular flexibility index (Phi) is 7.59. The maximum Gasteiger partial charge on any atom is 0.313 e. The van der Waals surface area contributed by atoms with Crippen molar-refractivity contribution in [3.63, 3.8) is 0 Å². The van der Waals surface area contributed by atoms with Gasteiger partial charge in [-0.25, -0.2) is 4.98 Å². The summed E-state index contributed by atoms with van der Waals surface area (Å²) in [5.41, 5.74) is 1.12. The van der Waals surface area contributed by atoms with Gasteiger partial charge < -0.3 is 14.4 Å². The average molecular weight is 286 g/mol. The lowest BCUT2D eigenvalue weighted by atomic mass is 10.3. The molecule has 0 aliphatic carbocycles. The van der Waals surface area contributed by atoms with Crippen molar-refractivity contribution in [1.29, 1.82) is 0 Å². The van der Waals surface area contributed by atoms with E-state index in [-0.39, 0.29) is 5.75 Å². The Morgan fingerprint density at radius 3 is 2.89 bits per heavy atom. The Morgan fingerprint density at radius 2 is 2.26 bits per heavy atom. The minimum absolute atomic E-state index is 0.0386. The van der Waals surface area contributed by atoms with Crippen LogP contribution in [0.5, 0.6) is 0 Å². The summed E-state index contributed by atoms with van der Waals surface area (Å²) in [6, 6.07) is 0. The van der Waals surface area contributed by atoms with Gasteiger partial charge >= 0.3 is 5.97 Å². The number of hydrogen-bond donors (Lipinski definition) is 1. The van der Waals surface area contributed by atoms with E-state index in [4.69, 9.17) is 9.84 Å². The molecule has 6 heteroatoms. The van der Waals surface area contributed by atoms with Gasteiger partial charge in [0.1, 0.15) is 0 Å². The van der Waals surface area contributed by atoms with Crippen molar-refractivity contribution in [2.45, 2.75) is 44.8 Å². The summed E-state index contributed by atoms with van der Waals surface area (Å²) in [5.74, 6) is -0.784. The highest BCUT2D eigenvalue weighted by atomic mass is 32.2. The minimum Gasteiger partial charge on any atom is -0.481 e. The highest BCUT2D eigenvalue weighted by Gasteiger charge is 2.10. The van der Waals surface area contributed by atoms with Gasteiger partial charge in [0.15, 0.2) is 5.16 Å². The second kappa shape index (κ2) is 8.98. The monoisotopic (exact) mass is 286 g/mol. The summed E-state index contributed by atoms with van der Waals surface area (Å²) < 4.78 is 7.61. The molecular formula is C13H22N2O3S. The molecule has 0 bridgehead atoms. The molecule has 19 heavy (non-hydrogen) atoms. The lowest BCUT2D eigenvalue weighted by Gasteiger charge is -2.10. The van der Waals surface area contributed by atoms with Crippen LogP contribution in [0.3, 0.4) is 0 Å². The summed E-state index contributed by atoms with van der Waals surface area (Å²) in [6.07, 6.45) is 4.90. The normalized spacial score (nSPS) is 10.8. The van der Waals surface area contributed by atoms with Gasteiger partial charge in [0.25, 0.3) is 0 Å². The lowest BCUT2D eigenvalue weighted by molar-refractivity contribution is -0.133. The van der Waals surface area contributed by atoms with Crippen LogP contribution >= 0.6 is 11.8 Å². The molecule has 0 aliphatic heterocycles. The van der Waals surface area contributed by atoms with Crippen LogP contribution in [-0.2, 0) is 22.5 Å². The van der Waals surface area contributed by atoms with Crippen molar-refractivity contribution in [1.82, 2.24) is 9.55 Å². The van der Waals surface area contributed by atoms with Gasteiger partial charge in [-0.1, -0.05) is 32.0 Å². The summed E-state index contributed by atoms with van der Waals surface area (Å²) in [7, 11) is 0. The van der Waals surface area contributed by atoms with Crippen LogP contribution in [0.15, 0.2) is 11.4 Å². The Labute approximate surface area is 118 Å². The molecule has 0 unspecified atom stereocenters. The molecular weight excluding hydrogens is 264 g/mol. The van der Waals surface area contributed by atoms with Crippen LogP contribution in [0.25, 0.3) is 0 Å². The lowest BCUT2D eigenvalue weighted by Crippen LogP contribution is -2.11. The van der Waals surface area contributed by atoms with Crippen LogP contribution in [0, 0.1) is 0 Å². The zero-order valence-corrected chi connectivity index (χ0v) is 12.4. The highest BCUT2D eigenvalue weighted by molar-refractivity contribution is 7.99. The molecule has 0 atom stereocenters. The Morgan fingerprint density at radius 1 is 1.47 bits per heavy atom. The largest absolute Gasteiger partial charge is 0.481 e. The highest BCUT2D eigenvalue weighted by Crippen LogP contribution is 2.18. The predicted octanol–water partition coefficient (Wildman–Crippen LogP) is 2.44. The number of carboxylic acids is 1. The maximum absolute atomic E-state index is 10.6. The number of ether oxygens (including phenoxy) is 1. The fraction of sp³-hybridized carbons (Fsp3) is 0.692. The number of imidazole rings is 1. The van der Waals surface area contributed by atoms with Gasteiger partial charge in [0.05, 0.1) is 12.4 Å². The number of aryl methyl sites for hydroxylation is 1. The van der Waals surface area contributed by atoms with E-state index in [1.54, 1.807) is 0 Å². The number of hydrogen-bond acceptors (Lipinski definition) is 4. The van der Waals surface area contributed by atoms with Crippen LogP contribution < -0.4 is 0 Å². The van der Waals surface area contributed by atoms with E-state index in [0.29, 0.717) is 6.61 Å². The number of carboxylic acid groups (broad SMARTS) is 1. The molecule has 0 aromatic carbocycles. The predicted molar refractivity (Wildman–Crippen MR) is 75.7 cm³/mol. The molecule has 0 spiro atoms. The third-order valence-corrected chi connectivity index (χ3v) is 3.67. The first kappa shape index (κ1) is 16.0. The van der Waals surface area contributed by atoms with Crippen LogP contribution in [0.4, 0.5) is 0 Å². The molecule has 0 aliphatic rings. The van der Waals surface area contributed by atoms with E-state index in [9.17, 15) is 4.79 Å². The molecule has 1 aromatic heterocycles. The number of aromatic nitrogens is 2. The number of carbonyl (C=O) groups is 1. The second-order valence-electron chi connectivity index (χ2n) is 4.19. The third kappa shape index (κ3) is 5.65. The van der Waals surface area contributed by atoms with E-state index in [0.717, 1.165) is 43.3 Å². The quantitative estimate of drug-likeness (QED) is 0.528. The molecule has 0 radical (unpaired) electrons. The fourth-order valence-corrected chi connectivity index (χ4v) is 2.40. The Bertz CT molecular complexity index is 393.